The zero-order valence-corrected chi connectivity index (χ0v) is 23.6. The van der Waals surface area contributed by atoms with Gasteiger partial charge in [0.2, 0.25) is 0 Å². The number of esters is 1. The van der Waals surface area contributed by atoms with E-state index in [1.54, 1.807) is 19.9 Å². The molecular formula is C32H48O5. The average Bonchev–Trinajstić information content (AvgIpc) is 3.21. The molecule has 5 nitrogen and oxygen atoms in total. The molecule has 0 heterocycles. The lowest BCUT2D eigenvalue weighted by molar-refractivity contribution is -0.157. The lowest BCUT2D eigenvalue weighted by Crippen LogP contribution is -2.36. The second-order valence-electron chi connectivity index (χ2n) is 12.4. The second kappa shape index (κ2) is 12.3. The van der Waals surface area contributed by atoms with Crippen LogP contribution in [-0.4, -0.2) is 40.8 Å². The topological polar surface area (TPSA) is 83.8 Å². The Balaban J connectivity index is 1.70. The molecule has 0 aromatic heterocycles. The molecule has 0 radical (unpaired) electrons. The highest BCUT2D eigenvalue weighted by Gasteiger charge is 2.50. The number of hydrogen-bond donors (Lipinski definition) is 2. The predicted molar refractivity (Wildman–Crippen MR) is 148 cm³/mol. The SMILES string of the molecule is C=C1C(=CC=C2CCC[C@]3(C)[C@@H]([C@H](C)C=CC(=O)C(C)(C)C(=O)OCCCC)CC[C@@H]23)C[C@@H](O)C[C@@H]1O. The number of unbranched alkanes of at least 4 members (excludes halogenated alkanes) is 1. The summed E-state index contributed by atoms with van der Waals surface area (Å²) in [4.78, 5) is 25.4. The average molecular weight is 513 g/mol. The van der Waals surface area contributed by atoms with Crippen LogP contribution in [0, 0.1) is 28.6 Å². The summed E-state index contributed by atoms with van der Waals surface area (Å²) in [5.74, 6) is 0.533. The lowest BCUT2D eigenvalue weighted by atomic mass is 9.61. The summed E-state index contributed by atoms with van der Waals surface area (Å²) in [5, 5.41) is 20.3. The van der Waals surface area contributed by atoms with Crippen LogP contribution in [0.25, 0.3) is 0 Å². The molecule has 0 aromatic rings. The molecule has 3 aliphatic rings. The van der Waals surface area contributed by atoms with Crippen molar-refractivity contribution in [3.8, 4) is 0 Å². The molecule has 3 aliphatic carbocycles. The van der Waals surface area contributed by atoms with Crippen LogP contribution >= 0.6 is 0 Å². The first kappa shape index (κ1) is 29.6. The van der Waals surface area contributed by atoms with Crippen LogP contribution in [0.15, 0.2) is 47.6 Å². The van der Waals surface area contributed by atoms with E-state index >= 15 is 0 Å². The van der Waals surface area contributed by atoms with Crippen molar-refractivity contribution in [1.82, 2.24) is 0 Å². The van der Waals surface area contributed by atoms with E-state index in [-0.39, 0.29) is 17.1 Å². The maximum atomic E-state index is 12.9. The molecule has 0 amide bonds. The largest absolute Gasteiger partial charge is 0.465 e. The van der Waals surface area contributed by atoms with Crippen LogP contribution in [0.4, 0.5) is 0 Å². The summed E-state index contributed by atoms with van der Waals surface area (Å²) in [5.41, 5.74) is 2.11. The van der Waals surface area contributed by atoms with Gasteiger partial charge in [0.15, 0.2) is 5.78 Å². The third-order valence-electron chi connectivity index (χ3n) is 9.35. The molecule has 3 saturated carbocycles. The van der Waals surface area contributed by atoms with Gasteiger partial charge >= 0.3 is 5.97 Å². The quantitative estimate of drug-likeness (QED) is 0.165. The molecule has 5 heteroatoms. The molecule has 0 aliphatic heterocycles. The number of aliphatic hydroxyl groups excluding tert-OH is 2. The van der Waals surface area contributed by atoms with Gasteiger partial charge in [-0.2, -0.15) is 0 Å². The molecule has 3 rings (SSSR count). The Hall–Kier alpha value is -1.98. The summed E-state index contributed by atoms with van der Waals surface area (Å²) in [6.45, 7) is 14.3. The molecule has 0 bridgehead atoms. The lowest BCUT2D eigenvalue weighted by Gasteiger charge is -2.44. The monoisotopic (exact) mass is 512 g/mol. The molecule has 2 N–H and O–H groups in total. The van der Waals surface area contributed by atoms with Gasteiger partial charge in [-0.3, -0.25) is 9.59 Å². The summed E-state index contributed by atoms with van der Waals surface area (Å²) < 4.78 is 5.32. The second-order valence-corrected chi connectivity index (χ2v) is 12.4. The first-order valence-electron chi connectivity index (χ1n) is 14.3. The molecular weight excluding hydrogens is 464 g/mol. The third-order valence-corrected chi connectivity index (χ3v) is 9.35. The van der Waals surface area contributed by atoms with Crippen LogP contribution in [0.3, 0.4) is 0 Å². The highest BCUT2D eigenvalue weighted by atomic mass is 16.5. The molecule has 6 atom stereocenters. The number of allylic oxidation sites excluding steroid dienone is 5. The van der Waals surface area contributed by atoms with Gasteiger partial charge in [-0.15, -0.1) is 0 Å². The highest BCUT2D eigenvalue weighted by molar-refractivity contribution is 6.08. The van der Waals surface area contributed by atoms with Gasteiger partial charge < -0.3 is 14.9 Å². The van der Waals surface area contributed by atoms with Crippen molar-refractivity contribution in [3.05, 3.63) is 47.6 Å². The van der Waals surface area contributed by atoms with Crippen molar-refractivity contribution in [1.29, 1.82) is 0 Å². The summed E-state index contributed by atoms with van der Waals surface area (Å²) in [6, 6.07) is 0. The maximum absolute atomic E-state index is 12.9. The number of hydrogen-bond acceptors (Lipinski definition) is 5. The molecule has 0 spiro atoms. The summed E-state index contributed by atoms with van der Waals surface area (Å²) >= 11 is 0. The maximum Gasteiger partial charge on any atom is 0.319 e. The van der Waals surface area contributed by atoms with Gasteiger partial charge in [-0.25, -0.2) is 0 Å². The van der Waals surface area contributed by atoms with E-state index in [1.807, 2.05) is 13.0 Å². The predicted octanol–water partition coefficient (Wildman–Crippen LogP) is 6.26. The van der Waals surface area contributed by atoms with Crippen LogP contribution in [0.1, 0.15) is 92.4 Å². The van der Waals surface area contributed by atoms with Crippen LogP contribution in [0.5, 0.6) is 0 Å². The Morgan fingerprint density at radius 3 is 2.68 bits per heavy atom. The molecule has 0 aromatic carbocycles. The molecule has 37 heavy (non-hydrogen) atoms. The number of carbonyl (C=O) groups is 2. The molecule has 206 valence electrons. The molecule has 0 saturated heterocycles. The minimum atomic E-state index is -1.18. The minimum absolute atomic E-state index is 0.159. The Labute approximate surface area is 223 Å². The fourth-order valence-corrected chi connectivity index (χ4v) is 6.78. The van der Waals surface area contributed by atoms with Gasteiger partial charge in [0.25, 0.3) is 0 Å². The number of rotatable bonds is 9. The van der Waals surface area contributed by atoms with Gasteiger partial charge in [0.05, 0.1) is 18.8 Å². The van der Waals surface area contributed by atoms with Crippen LogP contribution in [-0.2, 0) is 14.3 Å². The van der Waals surface area contributed by atoms with E-state index in [0.29, 0.717) is 31.3 Å². The van der Waals surface area contributed by atoms with Crippen LogP contribution in [0.2, 0.25) is 0 Å². The fraction of sp³-hybridized carbons (Fsp3) is 0.688. The minimum Gasteiger partial charge on any atom is -0.465 e. The van der Waals surface area contributed by atoms with Crippen molar-refractivity contribution in [3.63, 3.8) is 0 Å². The number of fused-ring (bicyclic) bond motifs is 1. The van der Waals surface area contributed by atoms with E-state index in [2.05, 4.69) is 32.6 Å². The Morgan fingerprint density at radius 2 is 1.97 bits per heavy atom. The number of ketones is 1. The van der Waals surface area contributed by atoms with Crippen molar-refractivity contribution < 1.29 is 24.5 Å². The Bertz CT molecular complexity index is 954. The van der Waals surface area contributed by atoms with Crippen LogP contribution < -0.4 is 0 Å². The van der Waals surface area contributed by atoms with Gasteiger partial charge in [0, 0.05) is 6.42 Å². The zero-order chi connectivity index (χ0) is 27.4. The van der Waals surface area contributed by atoms with Crippen molar-refractivity contribution >= 4 is 11.8 Å². The smallest absolute Gasteiger partial charge is 0.319 e. The number of ether oxygens (including phenoxy) is 1. The van der Waals surface area contributed by atoms with Crippen molar-refractivity contribution in [2.24, 2.45) is 28.6 Å². The van der Waals surface area contributed by atoms with Gasteiger partial charge in [-0.1, -0.05) is 57.6 Å². The van der Waals surface area contributed by atoms with E-state index in [4.69, 9.17) is 4.74 Å². The number of carbonyl (C=O) groups excluding carboxylic acids is 2. The normalized spacial score (nSPS) is 33.6. The van der Waals surface area contributed by atoms with Crippen molar-refractivity contribution in [2.75, 3.05) is 6.61 Å². The van der Waals surface area contributed by atoms with Gasteiger partial charge in [-0.05, 0) is 99.2 Å². The molecule has 3 fully saturated rings. The Kier molecular flexibility index (Phi) is 9.79. The standard InChI is InChI=1S/C32H48O5/c1-7-8-18-37-30(36)31(4,5)29(35)16-11-21(2)26-14-15-27-23(10-9-17-32(26,27)6)12-13-24-19-25(33)20-28(34)22(24)3/h11-13,16,21,25-28,33-34H,3,7-10,14-15,17-20H2,1-2,4-6H3/t21-,25-,26-,27+,28+,32-/m1/s1. The Morgan fingerprint density at radius 1 is 1.24 bits per heavy atom. The zero-order valence-electron chi connectivity index (χ0n) is 23.6. The first-order chi connectivity index (χ1) is 17.4. The summed E-state index contributed by atoms with van der Waals surface area (Å²) in [7, 11) is 0. The van der Waals surface area contributed by atoms with Crippen molar-refractivity contribution in [2.45, 2.75) is 105 Å². The van der Waals surface area contributed by atoms with E-state index in [9.17, 15) is 19.8 Å². The van der Waals surface area contributed by atoms with E-state index in [0.717, 1.165) is 49.7 Å². The van der Waals surface area contributed by atoms with E-state index < -0.39 is 23.6 Å². The van der Waals surface area contributed by atoms with E-state index in [1.165, 1.54) is 12.0 Å². The fourth-order valence-electron chi connectivity index (χ4n) is 6.78. The van der Waals surface area contributed by atoms with Gasteiger partial charge in [0.1, 0.15) is 5.41 Å². The number of aliphatic hydroxyl groups is 2. The summed E-state index contributed by atoms with van der Waals surface area (Å²) in [6.07, 6.45) is 15.0. The highest BCUT2D eigenvalue weighted by Crippen LogP contribution is 2.59. The third kappa shape index (κ3) is 6.54. The first-order valence-corrected chi connectivity index (χ1v) is 14.3. The molecule has 0 unspecified atom stereocenters.